The Hall–Kier alpha value is -2.37. The summed E-state index contributed by atoms with van der Waals surface area (Å²) in [5.41, 5.74) is 1.15. The molecule has 6 nitrogen and oxygen atoms in total. The number of anilines is 1. The van der Waals surface area contributed by atoms with Crippen molar-refractivity contribution in [2.24, 2.45) is 0 Å². The maximum absolute atomic E-state index is 12.4. The lowest BCUT2D eigenvalue weighted by Gasteiger charge is -2.17. The van der Waals surface area contributed by atoms with Gasteiger partial charge in [-0.15, -0.1) is 0 Å². The van der Waals surface area contributed by atoms with Gasteiger partial charge in [0.15, 0.2) is 0 Å². The molecule has 0 saturated heterocycles. The number of amides is 1. The first-order valence-electron chi connectivity index (χ1n) is 6.28. The number of hydrogen-bond donors (Lipinski definition) is 0. The van der Waals surface area contributed by atoms with Gasteiger partial charge in [0, 0.05) is 26.8 Å². The number of rotatable bonds is 4. The Kier molecular flexibility index (Phi) is 4.02. The summed E-state index contributed by atoms with van der Waals surface area (Å²) in [5.74, 6) is 1.11. The van der Waals surface area contributed by atoms with E-state index in [1.165, 1.54) is 0 Å². The number of carbonyl (C=O) groups excluding carboxylic acids is 1. The Morgan fingerprint density at radius 1 is 1.30 bits per heavy atom. The zero-order valence-electron chi connectivity index (χ0n) is 12.1. The molecule has 6 heteroatoms. The highest BCUT2D eigenvalue weighted by molar-refractivity contribution is 5.92. The highest BCUT2D eigenvalue weighted by Crippen LogP contribution is 2.11. The fourth-order valence-corrected chi connectivity index (χ4v) is 1.77. The van der Waals surface area contributed by atoms with Crippen LogP contribution in [0.2, 0.25) is 0 Å². The van der Waals surface area contributed by atoms with Crippen LogP contribution in [0.1, 0.15) is 21.9 Å². The molecule has 0 unspecified atom stereocenters. The van der Waals surface area contributed by atoms with Gasteiger partial charge in [-0.3, -0.25) is 4.79 Å². The molecule has 0 saturated carbocycles. The molecule has 0 atom stereocenters. The molecule has 2 aromatic rings. The first-order valence-corrected chi connectivity index (χ1v) is 6.28. The second-order valence-corrected chi connectivity index (χ2v) is 4.83. The normalized spacial score (nSPS) is 10.4. The summed E-state index contributed by atoms with van der Waals surface area (Å²) in [6, 6.07) is 5.32. The van der Waals surface area contributed by atoms with Crippen molar-refractivity contribution in [2.75, 3.05) is 26.0 Å². The second kappa shape index (κ2) is 5.73. The molecule has 0 aliphatic rings. The average molecular weight is 274 g/mol. The highest BCUT2D eigenvalue weighted by Gasteiger charge is 2.16. The fourth-order valence-electron chi connectivity index (χ4n) is 1.77. The number of nitrogens with zero attached hydrogens (tertiary/aromatic N) is 4. The largest absolute Gasteiger partial charge is 0.467 e. The minimum atomic E-state index is -0.157. The summed E-state index contributed by atoms with van der Waals surface area (Å²) < 4.78 is 5.24. The van der Waals surface area contributed by atoms with Gasteiger partial charge in [0.05, 0.1) is 12.8 Å². The van der Waals surface area contributed by atoms with Crippen molar-refractivity contribution in [3.8, 4) is 0 Å². The maximum atomic E-state index is 12.4. The highest BCUT2D eigenvalue weighted by atomic mass is 16.3. The molecule has 0 aromatic carbocycles. The Labute approximate surface area is 118 Å². The standard InChI is InChI=1S/C14H18N4O2/c1-10-8-12(16-14(15-10)17(2)3)13(19)18(4)9-11-6-5-7-20-11/h5-8H,9H2,1-4H3. The van der Waals surface area contributed by atoms with Crippen molar-refractivity contribution < 1.29 is 9.21 Å². The second-order valence-electron chi connectivity index (χ2n) is 4.83. The number of carbonyl (C=O) groups is 1. The van der Waals surface area contributed by atoms with Crippen molar-refractivity contribution >= 4 is 11.9 Å². The van der Waals surface area contributed by atoms with Crippen LogP contribution in [-0.2, 0) is 6.54 Å². The van der Waals surface area contributed by atoms with E-state index in [1.54, 1.807) is 35.2 Å². The summed E-state index contributed by atoms with van der Waals surface area (Å²) in [4.78, 5) is 24.3. The fraction of sp³-hybridized carbons (Fsp3) is 0.357. The van der Waals surface area contributed by atoms with Gasteiger partial charge in [-0.05, 0) is 25.1 Å². The van der Waals surface area contributed by atoms with Gasteiger partial charge in [0.25, 0.3) is 5.91 Å². The van der Waals surface area contributed by atoms with E-state index < -0.39 is 0 Å². The minimum Gasteiger partial charge on any atom is -0.467 e. The lowest BCUT2D eigenvalue weighted by molar-refractivity contribution is 0.0769. The predicted molar refractivity (Wildman–Crippen MR) is 75.6 cm³/mol. The molecule has 0 bridgehead atoms. The molecule has 0 radical (unpaired) electrons. The Bertz CT molecular complexity index is 593. The molecule has 2 heterocycles. The zero-order valence-corrected chi connectivity index (χ0v) is 12.1. The van der Waals surface area contributed by atoms with Crippen molar-refractivity contribution in [1.29, 1.82) is 0 Å². The predicted octanol–water partition coefficient (Wildman–Crippen LogP) is 1.72. The Morgan fingerprint density at radius 2 is 2.05 bits per heavy atom. The average Bonchev–Trinajstić information content (AvgIpc) is 2.89. The zero-order chi connectivity index (χ0) is 14.7. The van der Waals surface area contributed by atoms with E-state index in [0.717, 1.165) is 11.5 Å². The van der Waals surface area contributed by atoms with Crippen molar-refractivity contribution in [2.45, 2.75) is 13.5 Å². The van der Waals surface area contributed by atoms with Crippen molar-refractivity contribution in [3.05, 3.63) is 41.6 Å². The van der Waals surface area contributed by atoms with Crippen LogP contribution >= 0.6 is 0 Å². The van der Waals surface area contributed by atoms with E-state index in [0.29, 0.717) is 18.2 Å². The van der Waals surface area contributed by atoms with Gasteiger partial charge < -0.3 is 14.2 Å². The van der Waals surface area contributed by atoms with Crippen molar-refractivity contribution in [1.82, 2.24) is 14.9 Å². The van der Waals surface area contributed by atoms with Crippen LogP contribution in [0.3, 0.4) is 0 Å². The number of hydrogen-bond acceptors (Lipinski definition) is 5. The van der Waals surface area contributed by atoms with Crippen LogP contribution in [0.15, 0.2) is 28.9 Å². The molecule has 106 valence electrons. The molecule has 2 rings (SSSR count). The SMILES string of the molecule is Cc1cc(C(=O)N(C)Cc2ccco2)nc(N(C)C)n1. The minimum absolute atomic E-state index is 0.157. The number of aryl methyl sites for hydroxylation is 1. The van der Waals surface area contributed by atoms with E-state index >= 15 is 0 Å². The van der Waals surface area contributed by atoms with E-state index in [4.69, 9.17) is 4.42 Å². The first kappa shape index (κ1) is 14.0. The van der Waals surface area contributed by atoms with Gasteiger partial charge in [0.2, 0.25) is 5.95 Å². The molecule has 0 aliphatic heterocycles. The third-order valence-electron chi connectivity index (χ3n) is 2.78. The van der Waals surface area contributed by atoms with Gasteiger partial charge in [-0.2, -0.15) is 0 Å². The van der Waals surface area contributed by atoms with Crippen LogP contribution in [0.5, 0.6) is 0 Å². The smallest absolute Gasteiger partial charge is 0.272 e. The summed E-state index contributed by atoms with van der Waals surface area (Å²) in [6.07, 6.45) is 1.59. The third kappa shape index (κ3) is 3.14. The molecule has 0 aliphatic carbocycles. The van der Waals surface area contributed by atoms with E-state index in [1.807, 2.05) is 27.1 Å². The van der Waals surface area contributed by atoms with E-state index in [9.17, 15) is 4.79 Å². The molecule has 2 aromatic heterocycles. The molecule has 1 amide bonds. The van der Waals surface area contributed by atoms with Gasteiger partial charge in [-0.25, -0.2) is 9.97 Å². The van der Waals surface area contributed by atoms with Crippen LogP contribution in [-0.4, -0.2) is 41.9 Å². The van der Waals surface area contributed by atoms with Crippen LogP contribution in [0, 0.1) is 6.92 Å². The summed E-state index contributed by atoms with van der Waals surface area (Å²) in [5, 5.41) is 0. The van der Waals surface area contributed by atoms with Crippen LogP contribution < -0.4 is 4.90 Å². The Morgan fingerprint density at radius 3 is 2.65 bits per heavy atom. The molecular formula is C14H18N4O2. The topological polar surface area (TPSA) is 62.5 Å². The van der Waals surface area contributed by atoms with Gasteiger partial charge in [0.1, 0.15) is 11.5 Å². The van der Waals surface area contributed by atoms with Gasteiger partial charge >= 0.3 is 0 Å². The van der Waals surface area contributed by atoms with E-state index in [-0.39, 0.29) is 5.91 Å². The number of aromatic nitrogens is 2. The molecule has 0 fully saturated rings. The monoisotopic (exact) mass is 274 g/mol. The summed E-state index contributed by atoms with van der Waals surface area (Å²) in [6.45, 7) is 2.25. The maximum Gasteiger partial charge on any atom is 0.272 e. The van der Waals surface area contributed by atoms with Crippen LogP contribution in [0.25, 0.3) is 0 Å². The van der Waals surface area contributed by atoms with Gasteiger partial charge in [-0.1, -0.05) is 0 Å². The lowest BCUT2D eigenvalue weighted by atomic mass is 10.3. The van der Waals surface area contributed by atoms with Crippen molar-refractivity contribution in [3.63, 3.8) is 0 Å². The summed E-state index contributed by atoms with van der Waals surface area (Å²) in [7, 11) is 5.41. The Balaban J connectivity index is 2.19. The quantitative estimate of drug-likeness (QED) is 0.849. The number of furan rings is 1. The van der Waals surface area contributed by atoms with Crippen LogP contribution in [0.4, 0.5) is 5.95 Å². The molecular weight excluding hydrogens is 256 g/mol. The lowest BCUT2D eigenvalue weighted by Crippen LogP contribution is -2.28. The molecule has 0 N–H and O–H groups in total. The molecule has 20 heavy (non-hydrogen) atoms. The molecule has 0 spiro atoms. The summed E-state index contributed by atoms with van der Waals surface area (Å²) >= 11 is 0. The van der Waals surface area contributed by atoms with E-state index in [2.05, 4.69) is 9.97 Å². The third-order valence-corrected chi connectivity index (χ3v) is 2.78. The first-order chi connectivity index (χ1) is 9.47.